The number of benzene rings is 1. The highest BCUT2D eigenvalue weighted by molar-refractivity contribution is 8.00. The Morgan fingerprint density at radius 3 is 2.36 bits per heavy atom. The molecule has 2 rings (SSSR count). The van der Waals surface area contributed by atoms with Gasteiger partial charge in [0.1, 0.15) is 5.69 Å². The highest BCUT2D eigenvalue weighted by atomic mass is 32.2. The van der Waals surface area contributed by atoms with Gasteiger partial charge >= 0.3 is 0 Å². The van der Waals surface area contributed by atoms with Gasteiger partial charge in [0.05, 0.1) is 11.5 Å². The summed E-state index contributed by atoms with van der Waals surface area (Å²) >= 11 is 1.15. The van der Waals surface area contributed by atoms with Crippen molar-refractivity contribution in [1.82, 2.24) is 15.8 Å². The fraction of sp³-hybridized carbons (Fsp3) is 0.176. The first-order chi connectivity index (χ1) is 12.0. The van der Waals surface area contributed by atoms with E-state index in [1.165, 1.54) is 12.3 Å². The molecule has 0 unspecified atom stereocenters. The van der Waals surface area contributed by atoms with Crippen LogP contribution in [0.4, 0.5) is 5.69 Å². The molecule has 8 heteroatoms. The van der Waals surface area contributed by atoms with E-state index in [9.17, 15) is 14.4 Å². The third-order valence-corrected chi connectivity index (χ3v) is 3.95. The van der Waals surface area contributed by atoms with Crippen molar-refractivity contribution >= 4 is 35.2 Å². The lowest BCUT2D eigenvalue weighted by molar-refractivity contribution is -0.119. The van der Waals surface area contributed by atoms with E-state index in [4.69, 9.17) is 0 Å². The van der Waals surface area contributed by atoms with Crippen LogP contribution in [0.2, 0.25) is 0 Å². The summed E-state index contributed by atoms with van der Waals surface area (Å²) < 4.78 is 0. The third kappa shape index (κ3) is 6.64. The first kappa shape index (κ1) is 18.5. The van der Waals surface area contributed by atoms with Gasteiger partial charge in [0.25, 0.3) is 5.91 Å². The van der Waals surface area contributed by atoms with Crippen LogP contribution in [0.3, 0.4) is 0 Å². The van der Waals surface area contributed by atoms with E-state index in [0.717, 1.165) is 17.3 Å². The summed E-state index contributed by atoms with van der Waals surface area (Å²) in [5.74, 6) is -0.924. The average Bonchev–Trinajstić information content (AvgIpc) is 2.62. The number of nitrogens with one attached hydrogen (secondary N) is 3. The minimum atomic E-state index is -0.504. The van der Waals surface area contributed by atoms with Crippen molar-refractivity contribution in [1.29, 1.82) is 0 Å². The Balaban J connectivity index is 1.64. The molecular weight excluding hydrogens is 340 g/mol. The molecule has 25 heavy (non-hydrogen) atoms. The van der Waals surface area contributed by atoms with Crippen LogP contribution in [0.25, 0.3) is 0 Å². The van der Waals surface area contributed by atoms with Gasteiger partial charge in [-0.2, -0.15) is 0 Å². The summed E-state index contributed by atoms with van der Waals surface area (Å²) in [5, 5.41) is 2.75. The zero-order chi connectivity index (χ0) is 18.1. The number of hydrazine groups is 1. The molecule has 0 saturated heterocycles. The summed E-state index contributed by atoms with van der Waals surface area (Å²) in [4.78, 5) is 39.0. The molecule has 130 valence electrons. The molecule has 3 N–H and O–H groups in total. The van der Waals surface area contributed by atoms with Crippen molar-refractivity contribution < 1.29 is 14.4 Å². The van der Waals surface area contributed by atoms with Gasteiger partial charge in [-0.25, -0.2) is 0 Å². The maximum absolute atomic E-state index is 11.8. The molecular formula is C17H18N4O3S. The average molecular weight is 358 g/mol. The summed E-state index contributed by atoms with van der Waals surface area (Å²) in [6, 6.07) is 12.3. The van der Waals surface area contributed by atoms with Crippen LogP contribution in [0.5, 0.6) is 0 Å². The molecule has 0 bridgehead atoms. The van der Waals surface area contributed by atoms with Crippen LogP contribution in [0.1, 0.15) is 16.1 Å². The topological polar surface area (TPSA) is 100 Å². The molecule has 0 aliphatic carbocycles. The Bertz CT molecular complexity index is 735. The maximum atomic E-state index is 11.8. The maximum Gasteiger partial charge on any atom is 0.288 e. The van der Waals surface area contributed by atoms with Crippen molar-refractivity contribution in [2.45, 2.75) is 6.92 Å². The zero-order valence-corrected chi connectivity index (χ0v) is 14.4. The summed E-state index contributed by atoms with van der Waals surface area (Å²) in [6.07, 6.45) is 1.49. The van der Waals surface area contributed by atoms with Crippen molar-refractivity contribution in [3.05, 3.63) is 59.9 Å². The number of thioether (sulfide) groups is 1. The van der Waals surface area contributed by atoms with Crippen LogP contribution >= 0.6 is 11.8 Å². The second-order valence-corrected chi connectivity index (χ2v) is 6.11. The number of pyridine rings is 1. The van der Waals surface area contributed by atoms with Gasteiger partial charge in [-0.3, -0.25) is 30.2 Å². The lowest BCUT2D eigenvalue weighted by atomic mass is 10.2. The lowest BCUT2D eigenvalue weighted by Gasteiger charge is -2.07. The molecule has 3 amide bonds. The summed E-state index contributed by atoms with van der Waals surface area (Å²) in [5.41, 5.74) is 6.57. The monoisotopic (exact) mass is 358 g/mol. The Kier molecular flexibility index (Phi) is 6.97. The van der Waals surface area contributed by atoms with Crippen LogP contribution in [-0.4, -0.2) is 34.2 Å². The van der Waals surface area contributed by atoms with E-state index in [1.807, 2.05) is 31.2 Å². The number of hydrogen-bond acceptors (Lipinski definition) is 5. The molecule has 1 heterocycles. The largest absolute Gasteiger partial charge is 0.325 e. The second kappa shape index (κ2) is 9.43. The van der Waals surface area contributed by atoms with E-state index in [0.29, 0.717) is 5.69 Å². The van der Waals surface area contributed by atoms with Crippen molar-refractivity contribution in [2.75, 3.05) is 16.8 Å². The number of carbonyl (C=O) groups is 3. The van der Waals surface area contributed by atoms with E-state index >= 15 is 0 Å². The number of anilines is 1. The van der Waals surface area contributed by atoms with Gasteiger partial charge in [-0.05, 0) is 31.2 Å². The number of rotatable bonds is 6. The van der Waals surface area contributed by atoms with E-state index in [-0.39, 0.29) is 23.1 Å². The molecule has 2 aromatic rings. The van der Waals surface area contributed by atoms with Gasteiger partial charge < -0.3 is 5.32 Å². The van der Waals surface area contributed by atoms with Gasteiger partial charge in [-0.15, -0.1) is 11.8 Å². The lowest BCUT2D eigenvalue weighted by Crippen LogP contribution is -2.42. The van der Waals surface area contributed by atoms with Crippen molar-refractivity contribution in [2.24, 2.45) is 0 Å². The van der Waals surface area contributed by atoms with Crippen molar-refractivity contribution in [3.8, 4) is 0 Å². The standard InChI is InChI=1S/C17H18N4O3S/c1-12-5-7-13(8-6-12)19-15(22)10-25-11-16(23)20-21-17(24)14-4-2-3-9-18-14/h2-9H,10-11H2,1H3,(H,19,22)(H,20,23)(H,21,24). The van der Waals surface area contributed by atoms with Crippen LogP contribution in [-0.2, 0) is 9.59 Å². The van der Waals surface area contributed by atoms with E-state index < -0.39 is 11.8 Å². The predicted octanol–water partition coefficient (Wildman–Crippen LogP) is 1.52. The molecule has 7 nitrogen and oxygen atoms in total. The minimum Gasteiger partial charge on any atom is -0.325 e. The smallest absolute Gasteiger partial charge is 0.288 e. The van der Waals surface area contributed by atoms with Crippen LogP contribution < -0.4 is 16.2 Å². The molecule has 0 spiro atoms. The first-order valence-electron chi connectivity index (χ1n) is 7.49. The van der Waals surface area contributed by atoms with E-state index in [2.05, 4.69) is 21.2 Å². The molecule has 0 aliphatic rings. The number of carbonyl (C=O) groups excluding carboxylic acids is 3. The second-order valence-electron chi connectivity index (χ2n) is 5.12. The third-order valence-electron chi connectivity index (χ3n) is 3.01. The molecule has 0 saturated carbocycles. The first-order valence-corrected chi connectivity index (χ1v) is 8.64. The molecule has 1 aromatic carbocycles. The minimum absolute atomic E-state index is 0.0455. The molecule has 1 aromatic heterocycles. The van der Waals surface area contributed by atoms with Gasteiger partial charge in [0, 0.05) is 11.9 Å². The SMILES string of the molecule is Cc1ccc(NC(=O)CSCC(=O)NNC(=O)c2ccccn2)cc1. The number of nitrogens with zero attached hydrogens (tertiary/aromatic N) is 1. The highest BCUT2D eigenvalue weighted by Gasteiger charge is 2.09. The Hall–Kier alpha value is -2.87. The highest BCUT2D eigenvalue weighted by Crippen LogP contribution is 2.09. The summed E-state index contributed by atoms with van der Waals surface area (Å²) in [7, 11) is 0. The van der Waals surface area contributed by atoms with Gasteiger partial charge in [0.15, 0.2) is 0 Å². The number of hydrogen-bond donors (Lipinski definition) is 3. The number of aromatic nitrogens is 1. The normalized spacial score (nSPS) is 9.96. The van der Waals surface area contributed by atoms with Gasteiger partial charge in [-0.1, -0.05) is 23.8 Å². The van der Waals surface area contributed by atoms with E-state index in [1.54, 1.807) is 12.1 Å². The number of aryl methyl sites for hydroxylation is 1. The fourth-order valence-electron chi connectivity index (χ4n) is 1.79. The molecule has 0 aliphatic heterocycles. The van der Waals surface area contributed by atoms with Gasteiger partial charge in [0.2, 0.25) is 11.8 Å². The zero-order valence-electron chi connectivity index (χ0n) is 13.6. The predicted molar refractivity (Wildman–Crippen MR) is 97.0 cm³/mol. The fourth-order valence-corrected chi connectivity index (χ4v) is 2.41. The Morgan fingerprint density at radius 1 is 0.960 bits per heavy atom. The Morgan fingerprint density at radius 2 is 1.68 bits per heavy atom. The van der Waals surface area contributed by atoms with Crippen LogP contribution in [0, 0.1) is 6.92 Å². The van der Waals surface area contributed by atoms with Crippen molar-refractivity contribution in [3.63, 3.8) is 0 Å². The van der Waals surface area contributed by atoms with Crippen LogP contribution in [0.15, 0.2) is 48.7 Å². The summed E-state index contributed by atoms with van der Waals surface area (Å²) in [6.45, 7) is 1.96. The molecule has 0 radical (unpaired) electrons. The molecule has 0 fully saturated rings. The molecule has 0 atom stereocenters. The quantitative estimate of drug-likeness (QED) is 0.680. The Labute approximate surface area is 149 Å². The number of amides is 3.